The predicted molar refractivity (Wildman–Crippen MR) is 91.2 cm³/mol. The zero-order valence-electron chi connectivity index (χ0n) is 13.3. The summed E-state index contributed by atoms with van der Waals surface area (Å²) in [6, 6.07) is 13.6. The van der Waals surface area contributed by atoms with E-state index in [-0.39, 0.29) is 11.7 Å². The fraction of sp³-hybridized carbons (Fsp3) is 0.158. The fourth-order valence-corrected chi connectivity index (χ4v) is 2.36. The summed E-state index contributed by atoms with van der Waals surface area (Å²) in [6.07, 6.45) is 2.42. The van der Waals surface area contributed by atoms with E-state index in [1.807, 2.05) is 31.2 Å². The molecule has 0 saturated heterocycles. The van der Waals surface area contributed by atoms with Crippen LogP contribution in [0.25, 0.3) is 11.4 Å². The summed E-state index contributed by atoms with van der Waals surface area (Å²) in [7, 11) is 0. The van der Waals surface area contributed by atoms with Crippen LogP contribution in [-0.2, 0) is 6.42 Å². The number of aromatic amines is 1. The molecule has 0 fully saturated rings. The average Bonchev–Trinajstić information content (AvgIpc) is 3.05. The van der Waals surface area contributed by atoms with Crippen molar-refractivity contribution in [1.29, 1.82) is 0 Å². The molecule has 0 atom stereocenters. The van der Waals surface area contributed by atoms with Gasteiger partial charge in [-0.05, 0) is 31.2 Å². The van der Waals surface area contributed by atoms with Crippen LogP contribution in [0, 0.1) is 12.7 Å². The molecule has 0 radical (unpaired) electrons. The first kappa shape index (κ1) is 15.9. The van der Waals surface area contributed by atoms with E-state index in [2.05, 4.69) is 15.3 Å². The highest BCUT2D eigenvalue weighted by Gasteiger charge is 2.06. The highest BCUT2D eigenvalue weighted by Crippen LogP contribution is 2.16. The van der Waals surface area contributed by atoms with Crippen molar-refractivity contribution < 1.29 is 9.18 Å². The lowest BCUT2D eigenvalue weighted by molar-refractivity contribution is 0.0954. The summed E-state index contributed by atoms with van der Waals surface area (Å²) in [4.78, 5) is 19.6. The maximum absolute atomic E-state index is 12.8. The molecule has 0 aliphatic heterocycles. The van der Waals surface area contributed by atoms with Crippen LogP contribution in [0.1, 0.15) is 21.6 Å². The van der Waals surface area contributed by atoms with Crippen LogP contribution in [0.4, 0.5) is 4.39 Å². The second-order valence-electron chi connectivity index (χ2n) is 5.64. The molecule has 1 heterocycles. The summed E-state index contributed by atoms with van der Waals surface area (Å²) < 4.78 is 12.8. The van der Waals surface area contributed by atoms with Gasteiger partial charge in [-0.15, -0.1) is 0 Å². The average molecular weight is 323 g/mol. The third kappa shape index (κ3) is 3.87. The quantitative estimate of drug-likeness (QED) is 0.755. The molecule has 0 aliphatic rings. The van der Waals surface area contributed by atoms with E-state index in [9.17, 15) is 9.18 Å². The monoisotopic (exact) mass is 323 g/mol. The molecule has 2 aromatic carbocycles. The van der Waals surface area contributed by atoms with Gasteiger partial charge in [0, 0.05) is 36.0 Å². The third-order valence-corrected chi connectivity index (χ3v) is 3.74. The number of aryl methyl sites for hydroxylation is 1. The van der Waals surface area contributed by atoms with Gasteiger partial charge in [-0.2, -0.15) is 0 Å². The van der Waals surface area contributed by atoms with Crippen molar-refractivity contribution in [2.45, 2.75) is 13.3 Å². The number of halogens is 1. The molecular weight excluding hydrogens is 305 g/mol. The number of imidazole rings is 1. The molecule has 5 heteroatoms. The first-order chi connectivity index (χ1) is 11.6. The molecule has 0 saturated carbocycles. The summed E-state index contributed by atoms with van der Waals surface area (Å²) >= 11 is 0. The van der Waals surface area contributed by atoms with Crippen molar-refractivity contribution in [1.82, 2.24) is 15.3 Å². The van der Waals surface area contributed by atoms with Crippen LogP contribution in [0.3, 0.4) is 0 Å². The molecule has 4 nitrogen and oxygen atoms in total. The molecule has 0 aliphatic carbocycles. The summed E-state index contributed by atoms with van der Waals surface area (Å²) in [5, 5.41) is 2.81. The Hall–Kier alpha value is -2.95. The number of aromatic nitrogens is 2. The minimum atomic E-state index is -0.354. The van der Waals surface area contributed by atoms with Crippen molar-refractivity contribution in [2.75, 3.05) is 6.54 Å². The lowest BCUT2D eigenvalue weighted by Gasteiger charge is -2.04. The first-order valence-electron chi connectivity index (χ1n) is 7.76. The standard InChI is InChI=1S/C19H18FN3O/c1-13-2-4-14(5-3-13)18-22-12-17(23-18)10-11-21-19(24)15-6-8-16(20)9-7-15/h2-9,12H,10-11H2,1H3,(H,21,24)(H,22,23). The smallest absolute Gasteiger partial charge is 0.251 e. The maximum atomic E-state index is 12.8. The van der Waals surface area contributed by atoms with Gasteiger partial charge >= 0.3 is 0 Å². The van der Waals surface area contributed by atoms with E-state index >= 15 is 0 Å². The number of nitrogens with one attached hydrogen (secondary N) is 2. The molecule has 3 rings (SSSR count). The van der Waals surface area contributed by atoms with E-state index in [4.69, 9.17) is 0 Å². The van der Waals surface area contributed by atoms with Crippen molar-refractivity contribution in [3.8, 4) is 11.4 Å². The minimum Gasteiger partial charge on any atom is -0.352 e. The van der Waals surface area contributed by atoms with Crippen molar-refractivity contribution in [2.24, 2.45) is 0 Å². The number of benzene rings is 2. The highest BCUT2D eigenvalue weighted by molar-refractivity contribution is 5.94. The number of hydrogen-bond acceptors (Lipinski definition) is 2. The molecule has 1 aromatic heterocycles. The first-order valence-corrected chi connectivity index (χ1v) is 7.76. The molecule has 0 bridgehead atoms. The molecular formula is C19H18FN3O. The van der Waals surface area contributed by atoms with Crippen molar-refractivity contribution in [3.05, 3.63) is 77.4 Å². The number of amides is 1. The highest BCUT2D eigenvalue weighted by atomic mass is 19.1. The second-order valence-corrected chi connectivity index (χ2v) is 5.64. The molecule has 24 heavy (non-hydrogen) atoms. The van der Waals surface area contributed by atoms with Gasteiger partial charge < -0.3 is 10.3 Å². The normalized spacial score (nSPS) is 10.6. The topological polar surface area (TPSA) is 57.8 Å². The van der Waals surface area contributed by atoms with Gasteiger partial charge in [-0.1, -0.05) is 29.8 Å². The maximum Gasteiger partial charge on any atom is 0.251 e. The fourth-order valence-electron chi connectivity index (χ4n) is 2.36. The van der Waals surface area contributed by atoms with Crippen LogP contribution in [-0.4, -0.2) is 22.4 Å². The lowest BCUT2D eigenvalue weighted by Crippen LogP contribution is -2.25. The zero-order chi connectivity index (χ0) is 16.9. The number of nitrogens with zero attached hydrogens (tertiary/aromatic N) is 1. The van der Waals surface area contributed by atoms with E-state index in [0.29, 0.717) is 18.5 Å². The second kappa shape index (κ2) is 7.08. The van der Waals surface area contributed by atoms with Gasteiger partial charge in [-0.3, -0.25) is 4.79 Å². The predicted octanol–water partition coefficient (Wildman–Crippen LogP) is 3.50. The van der Waals surface area contributed by atoms with E-state index in [0.717, 1.165) is 17.1 Å². The Balaban J connectivity index is 1.55. The molecule has 3 aromatic rings. The van der Waals surface area contributed by atoms with E-state index in [1.54, 1.807) is 6.20 Å². The van der Waals surface area contributed by atoms with Crippen LogP contribution in [0.15, 0.2) is 54.7 Å². The van der Waals surface area contributed by atoms with Crippen molar-refractivity contribution in [3.63, 3.8) is 0 Å². The van der Waals surface area contributed by atoms with Gasteiger partial charge in [0.25, 0.3) is 5.91 Å². The van der Waals surface area contributed by atoms with E-state index < -0.39 is 0 Å². The Kier molecular flexibility index (Phi) is 4.70. The van der Waals surface area contributed by atoms with Crippen LogP contribution in [0.5, 0.6) is 0 Å². The number of H-pyrrole nitrogens is 1. The molecule has 1 amide bonds. The summed E-state index contributed by atoms with van der Waals surface area (Å²) in [5.41, 5.74) is 3.63. The van der Waals surface area contributed by atoms with Crippen LogP contribution >= 0.6 is 0 Å². The summed E-state index contributed by atoms with van der Waals surface area (Å²) in [5.74, 6) is 0.246. The van der Waals surface area contributed by atoms with Crippen molar-refractivity contribution >= 4 is 5.91 Å². The van der Waals surface area contributed by atoms with Crippen LogP contribution in [0.2, 0.25) is 0 Å². The number of carbonyl (C=O) groups is 1. The van der Waals surface area contributed by atoms with Gasteiger partial charge in [0.2, 0.25) is 0 Å². The number of carbonyl (C=O) groups excluding carboxylic acids is 1. The van der Waals surface area contributed by atoms with Gasteiger partial charge in [0.15, 0.2) is 0 Å². The Bertz CT molecular complexity index is 823. The Morgan fingerprint density at radius 3 is 2.54 bits per heavy atom. The lowest BCUT2D eigenvalue weighted by atomic mass is 10.1. The molecule has 0 unspecified atom stereocenters. The summed E-state index contributed by atoms with van der Waals surface area (Å²) in [6.45, 7) is 2.52. The zero-order valence-corrected chi connectivity index (χ0v) is 13.3. The SMILES string of the molecule is Cc1ccc(-c2ncc(CCNC(=O)c3ccc(F)cc3)[nH]2)cc1. The Morgan fingerprint density at radius 2 is 1.83 bits per heavy atom. The molecule has 2 N–H and O–H groups in total. The Morgan fingerprint density at radius 1 is 1.12 bits per heavy atom. The van der Waals surface area contributed by atoms with Gasteiger partial charge in [0.05, 0.1) is 0 Å². The Labute approximate surface area is 139 Å². The van der Waals surface area contributed by atoms with Crippen LogP contribution < -0.4 is 5.32 Å². The third-order valence-electron chi connectivity index (χ3n) is 3.74. The van der Waals surface area contributed by atoms with Gasteiger partial charge in [-0.25, -0.2) is 9.37 Å². The van der Waals surface area contributed by atoms with Gasteiger partial charge in [0.1, 0.15) is 11.6 Å². The molecule has 0 spiro atoms. The number of hydrogen-bond donors (Lipinski definition) is 2. The largest absolute Gasteiger partial charge is 0.352 e. The van der Waals surface area contributed by atoms with E-state index in [1.165, 1.54) is 29.8 Å². The minimum absolute atomic E-state index is 0.215. The molecule has 122 valence electrons. The number of rotatable bonds is 5.